The summed E-state index contributed by atoms with van der Waals surface area (Å²) in [5.41, 5.74) is -0.714. The van der Waals surface area contributed by atoms with E-state index in [0.717, 1.165) is 27.1 Å². The number of hydrogen-bond acceptors (Lipinski definition) is 9. The Balaban J connectivity index is 1.29. The smallest absolute Gasteiger partial charge is 0.412 e. The standard InChI is InChI=1S/C42H49N3O9/c1-6-42(4,25-31(37(48)44-26-46)24-41(2,3)38(49)45-27-52-5)39(50)53-22-21-43-40(51)54-32-17-15-28(16-18-32)36(47)20-19-35-33-13-9-7-11-29(33)23-30-12-8-10-14-34(30)35/h7-20,23,31,46H,6,21-22,24-27H2,1-5H3,(H,43,51)(H,44,48)(H,45,49)/b20-19+. The van der Waals surface area contributed by atoms with Crippen LogP contribution in [0.2, 0.25) is 0 Å². The lowest BCUT2D eigenvalue weighted by molar-refractivity contribution is -0.156. The van der Waals surface area contributed by atoms with Crippen molar-refractivity contribution in [2.75, 3.05) is 33.7 Å². The van der Waals surface area contributed by atoms with Crippen LogP contribution < -0.4 is 20.7 Å². The molecule has 0 saturated carbocycles. The van der Waals surface area contributed by atoms with E-state index in [0.29, 0.717) is 12.0 Å². The molecule has 0 heterocycles. The number of benzene rings is 4. The number of carbonyl (C=O) groups is 5. The lowest BCUT2D eigenvalue weighted by atomic mass is 9.72. The first kappa shape index (κ1) is 41.2. The lowest BCUT2D eigenvalue weighted by Gasteiger charge is -2.33. The number of ketones is 1. The Kier molecular flexibility index (Phi) is 14.4. The van der Waals surface area contributed by atoms with Gasteiger partial charge in [-0.05, 0) is 95.8 Å². The third kappa shape index (κ3) is 10.7. The molecule has 286 valence electrons. The lowest BCUT2D eigenvalue weighted by Crippen LogP contribution is -2.44. The highest BCUT2D eigenvalue weighted by atomic mass is 16.6. The Morgan fingerprint density at radius 2 is 1.46 bits per heavy atom. The number of nitrogens with one attached hydrogen (secondary N) is 3. The Hall–Kier alpha value is -5.59. The molecule has 0 aromatic heterocycles. The summed E-state index contributed by atoms with van der Waals surface area (Å²) in [5.74, 6) is -2.19. The SMILES string of the molecule is CCC(C)(CC(CC(C)(C)C(=O)NCOC)C(=O)NCO)C(=O)OCCNC(=O)Oc1ccc(C(=O)/C=C/c2c3ccccc3cc3ccccc23)cc1. The van der Waals surface area contributed by atoms with Crippen LogP contribution in [0, 0.1) is 16.7 Å². The molecule has 3 amide bonds. The molecule has 2 unspecified atom stereocenters. The molecule has 0 radical (unpaired) electrons. The van der Waals surface area contributed by atoms with Gasteiger partial charge in [-0.25, -0.2) is 4.79 Å². The molecule has 4 N–H and O–H groups in total. The minimum Gasteiger partial charge on any atom is -0.463 e. The number of ether oxygens (including phenoxy) is 3. The molecule has 0 aliphatic rings. The highest BCUT2D eigenvalue weighted by Gasteiger charge is 2.41. The third-order valence-corrected chi connectivity index (χ3v) is 9.51. The average molecular weight is 740 g/mol. The second kappa shape index (κ2) is 18.9. The van der Waals surface area contributed by atoms with Crippen LogP contribution in [0.4, 0.5) is 4.79 Å². The van der Waals surface area contributed by atoms with Crippen molar-refractivity contribution in [3.05, 3.63) is 96.1 Å². The Labute approximate surface area is 315 Å². The van der Waals surface area contributed by atoms with Gasteiger partial charge in [0.25, 0.3) is 0 Å². The number of hydrogen-bond donors (Lipinski definition) is 4. The number of aliphatic hydroxyl groups excluding tert-OH is 1. The number of fused-ring (bicyclic) bond motifs is 2. The predicted molar refractivity (Wildman–Crippen MR) is 206 cm³/mol. The van der Waals surface area contributed by atoms with Crippen LogP contribution in [0.15, 0.2) is 84.9 Å². The monoisotopic (exact) mass is 739 g/mol. The fraction of sp³-hybridized carbons (Fsp3) is 0.357. The number of esters is 1. The quantitative estimate of drug-likeness (QED) is 0.0234. The van der Waals surface area contributed by atoms with Crippen molar-refractivity contribution in [2.45, 2.75) is 47.0 Å². The van der Waals surface area contributed by atoms with Crippen LogP contribution in [0.1, 0.15) is 62.9 Å². The average Bonchev–Trinajstić information content (AvgIpc) is 3.16. The van der Waals surface area contributed by atoms with Crippen LogP contribution >= 0.6 is 0 Å². The van der Waals surface area contributed by atoms with E-state index in [1.165, 1.54) is 25.3 Å². The van der Waals surface area contributed by atoms with Gasteiger partial charge in [-0.3, -0.25) is 19.2 Å². The molecule has 0 bridgehead atoms. The van der Waals surface area contributed by atoms with Gasteiger partial charge < -0.3 is 35.3 Å². The summed E-state index contributed by atoms with van der Waals surface area (Å²) in [6, 6.07) is 24.4. The molecule has 54 heavy (non-hydrogen) atoms. The first-order chi connectivity index (χ1) is 25.8. The number of amides is 3. The summed E-state index contributed by atoms with van der Waals surface area (Å²) >= 11 is 0. The van der Waals surface area contributed by atoms with E-state index in [1.807, 2.05) is 54.6 Å². The maximum Gasteiger partial charge on any atom is 0.412 e. The van der Waals surface area contributed by atoms with E-state index in [-0.39, 0.29) is 50.2 Å². The summed E-state index contributed by atoms with van der Waals surface area (Å²) in [6.07, 6.45) is 3.07. The van der Waals surface area contributed by atoms with Crippen molar-refractivity contribution in [3.8, 4) is 5.75 Å². The van der Waals surface area contributed by atoms with Crippen molar-refractivity contribution in [2.24, 2.45) is 16.7 Å². The van der Waals surface area contributed by atoms with Gasteiger partial charge in [0.2, 0.25) is 11.8 Å². The van der Waals surface area contributed by atoms with Crippen molar-refractivity contribution < 1.29 is 43.3 Å². The van der Waals surface area contributed by atoms with Crippen LogP contribution in [0.25, 0.3) is 27.6 Å². The Morgan fingerprint density at radius 3 is 2.06 bits per heavy atom. The van der Waals surface area contributed by atoms with Gasteiger partial charge in [0.05, 0.1) is 12.0 Å². The van der Waals surface area contributed by atoms with Crippen molar-refractivity contribution in [1.29, 1.82) is 0 Å². The topological polar surface area (TPSA) is 169 Å². The normalized spacial score (nSPS) is 13.2. The fourth-order valence-electron chi connectivity index (χ4n) is 6.27. The number of rotatable bonds is 18. The summed E-state index contributed by atoms with van der Waals surface area (Å²) < 4.78 is 15.7. The molecule has 12 heteroatoms. The van der Waals surface area contributed by atoms with Gasteiger partial charge >= 0.3 is 12.1 Å². The number of methoxy groups -OCH3 is 1. The van der Waals surface area contributed by atoms with Crippen molar-refractivity contribution in [3.63, 3.8) is 0 Å². The van der Waals surface area contributed by atoms with Gasteiger partial charge in [-0.15, -0.1) is 0 Å². The highest BCUT2D eigenvalue weighted by Crippen LogP contribution is 2.37. The van der Waals surface area contributed by atoms with E-state index < -0.39 is 41.4 Å². The molecule has 0 aliphatic heterocycles. The number of carbonyl (C=O) groups excluding carboxylic acids is 5. The third-order valence-electron chi connectivity index (χ3n) is 9.51. The molecule has 2 atom stereocenters. The number of aliphatic hydroxyl groups is 1. The molecular weight excluding hydrogens is 690 g/mol. The minimum atomic E-state index is -1.10. The first-order valence-electron chi connectivity index (χ1n) is 17.8. The van der Waals surface area contributed by atoms with E-state index in [1.54, 1.807) is 39.8 Å². The van der Waals surface area contributed by atoms with Crippen LogP contribution in [-0.2, 0) is 23.9 Å². The van der Waals surface area contributed by atoms with E-state index in [2.05, 4.69) is 22.0 Å². The second-order valence-corrected chi connectivity index (χ2v) is 13.9. The Bertz CT molecular complexity index is 1940. The molecule has 4 rings (SSSR count). The van der Waals surface area contributed by atoms with Crippen LogP contribution in [0.3, 0.4) is 0 Å². The van der Waals surface area contributed by atoms with Crippen LogP contribution in [0.5, 0.6) is 5.75 Å². The molecule has 0 fully saturated rings. The van der Waals surface area contributed by atoms with Gasteiger partial charge in [0, 0.05) is 24.0 Å². The minimum absolute atomic E-state index is 0.00723. The first-order valence-corrected chi connectivity index (χ1v) is 17.8. The maximum absolute atomic E-state index is 13.2. The predicted octanol–water partition coefficient (Wildman–Crippen LogP) is 6.15. The van der Waals surface area contributed by atoms with Gasteiger partial charge in [-0.1, -0.05) is 69.3 Å². The van der Waals surface area contributed by atoms with E-state index >= 15 is 0 Å². The summed E-state index contributed by atoms with van der Waals surface area (Å²) in [7, 11) is 1.44. The van der Waals surface area contributed by atoms with Gasteiger partial charge in [-0.2, -0.15) is 0 Å². The van der Waals surface area contributed by atoms with Crippen molar-refractivity contribution in [1.82, 2.24) is 16.0 Å². The molecule has 4 aromatic carbocycles. The molecule has 0 saturated heterocycles. The second-order valence-electron chi connectivity index (χ2n) is 13.9. The summed E-state index contributed by atoms with van der Waals surface area (Å²) in [5, 5.41) is 21.1. The Morgan fingerprint density at radius 1 is 0.833 bits per heavy atom. The largest absolute Gasteiger partial charge is 0.463 e. The molecule has 4 aromatic rings. The van der Waals surface area contributed by atoms with Crippen LogP contribution in [-0.4, -0.2) is 68.5 Å². The molecule has 0 spiro atoms. The summed E-state index contributed by atoms with van der Waals surface area (Å²) in [6.45, 7) is 6.04. The summed E-state index contributed by atoms with van der Waals surface area (Å²) in [4.78, 5) is 64.4. The molecule has 12 nitrogen and oxygen atoms in total. The zero-order valence-corrected chi connectivity index (χ0v) is 31.4. The zero-order chi connectivity index (χ0) is 39.3. The highest BCUT2D eigenvalue weighted by molar-refractivity contribution is 6.11. The fourth-order valence-corrected chi connectivity index (χ4v) is 6.27. The molecule has 0 aliphatic carbocycles. The van der Waals surface area contributed by atoms with E-state index in [9.17, 15) is 29.1 Å². The number of allylic oxidation sites excluding steroid dienone is 1. The van der Waals surface area contributed by atoms with Gasteiger partial charge in [0.15, 0.2) is 5.78 Å². The zero-order valence-electron chi connectivity index (χ0n) is 31.4. The maximum atomic E-state index is 13.2. The van der Waals surface area contributed by atoms with Crippen molar-refractivity contribution >= 4 is 57.3 Å². The molecular formula is C42H49N3O9. The van der Waals surface area contributed by atoms with E-state index in [4.69, 9.17) is 14.2 Å². The van der Waals surface area contributed by atoms with Gasteiger partial charge in [0.1, 0.15) is 25.8 Å².